The molecule has 0 saturated heterocycles. The topological polar surface area (TPSA) is 25.2 Å². The highest BCUT2D eigenvalue weighted by Crippen LogP contribution is 2.28. The molecule has 1 aromatic carbocycles. The van der Waals surface area contributed by atoms with Crippen molar-refractivity contribution in [2.75, 3.05) is 6.54 Å². The first-order valence-corrected chi connectivity index (χ1v) is 7.78. The maximum atomic E-state index is 5.94. The maximum absolute atomic E-state index is 5.94. The van der Waals surface area contributed by atoms with E-state index in [-0.39, 0.29) is 0 Å². The van der Waals surface area contributed by atoms with Crippen molar-refractivity contribution < 1.29 is 4.42 Å². The number of hydrogen-bond donors (Lipinski definition) is 1. The highest BCUT2D eigenvalue weighted by molar-refractivity contribution is 5.60. The largest absolute Gasteiger partial charge is 0.460 e. The Morgan fingerprint density at radius 3 is 2.75 bits per heavy atom. The lowest BCUT2D eigenvalue weighted by molar-refractivity contribution is 0.493. The molecule has 106 valence electrons. The standard InChI is InChI=1S/C18H23NO/c1-2-11-19-13-17-9-10-18(20-17)16-8-7-14-5-3-4-6-15(14)12-16/h7-10,12,19H,2-6,11,13H2,1H3. The normalized spacial score (nSPS) is 14.2. The van der Waals surface area contributed by atoms with E-state index in [0.717, 1.165) is 31.0 Å². The smallest absolute Gasteiger partial charge is 0.134 e. The zero-order valence-electron chi connectivity index (χ0n) is 12.2. The second-order valence-electron chi connectivity index (χ2n) is 5.63. The molecule has 0 atom stereocenters. The van der Waals surface area contributed by atoms with Crippen LogP contribution in [0.3, 0.4) is 0 Å². The van der Waals surface area contributed by atoms with E-state index in [0.29, 0.717) is 0 Å². The number of nitrogens with one attached hydrogen (secondary N) is 1. The fraction of sp³-hybridized carbons (Fsp3) is 0.444. The molecular formula is C18H23NO. The van der Waals surface area contributed by atoms with E-state index < -0.39 is 0 Å². The molecule has 0 radical (unpaired) electrons. The van der Waals surface area contributed by atoms with Gasteiger partial charge in [0.2, 0.25) is 0 Å². The number of hydrogen-bond acceptors (Lipinski definition) is 2. The van der Waals surface area contributed by atoms with Gasteiger partial charge < -0.3 is 9.73 Å². The van der Waals surface area contributed by atoms with Crippen LogP contribution in [0.4, 0.5) is 0 Å². The van der Waals surface area contributed by atoms with Gasteiger partial charge in [-0.1, -0.05) is 19.1 Å². The van der Waals surface area contributed by atoms with Crippen LogP contribution in [0.1, 0.15) is 43.1 Å². The molecule has 1 heterocycles. The van der Waals surface area contributed by atoms with Gasteiger partial charge in [0.05, 0.1) is 6.54 Å². The Kier molecular flexibility index (Phi) is 4.22. The van der Waals surface area contributed by atoms with Crippen LogP contribution in [0.25, 0.3) is 11.3 Å². The lowest BCUT2D eigenvalue weighted by atomic mass is 9.90. The molecule has 0 amide bonds. The minimum Gasteiger partial charge on any atom is -0.460 e. The molecule has 2 aromatic rings. The summed E-state index contributed by atoms with van der Waals surface area (Å²) in [7, 11) is 0. The van der Waals surface area contributed by atoms with Crippen molar-refractivity contribution >= 4 is 0 Å². The number of benzene rings is 1. The van der Waals surface area contributed by atoms with E-state index in [4.69, 9.17) is 4.42 Å². The van der Waals surface area contributed by atoms with Crippen LogP contribution in [0.5, 0.6) is 0 Å². The molecule has 20 heavy (non-hydrogen) atoms. The number of fused-ring (bicyclic) bond motifs is 1. The Morgan fingerprint density at radius 2 is 1.90 bits per heavy atom. The third-order valence-corrected chi connectivity index (χ3v) is 4.02. The minimum absolute atomic E-state index is 0.818. The van der Waals surface area contributed by atoms with Crippen molar-refractivity contribution in [2.45, 2.75) is 45.6 Å². The van der Waals surface area contributed by atoms with Crippen LogP contribution < -0.4 is 5.32 Å². The van der Waals surface area contributed by atoms with E-state index >= 15 is 0 Å². The van der Waals surface area contributed by atoms with Gasteiger partial charge in [0.15, 0.2) is 0 Å². The van der Waals surface area contributed by atoms with Crippen LogP contribution in [0.2, 0.25) is 0 Å². The molecule has 0 bridgehead atoms. The predicted octanol–water partition coefficient (Wildman–Crippen LogP) is 4.33. The van der Waals surface area contributed by atoms with Crippen molar-refractivity contribution in [1.29, 1.82) is 0 Å². The average Bonchev–Trinajstić information content (AvgIpc) is 2.96. The maximum Gasteiger partial charge on any atom is 0.134 e. The summed E-state index contributed by atoms with van der Waals surface area (Å²) >= 11 is 0. The molecule has 0 saturated carbocycles. The van der Waals surface area contributed by atoms with Gasteiger partial charge in [-0.3, -0.25) is 0 Å². The lowest BCUT2D eigenvalue weighted by Gasteiger charge is -2.15. The molecule has 0 unspecified atom stereocenters. The van der Waals surface area contributed by atoms with Crippen molar-refractivity contribution in [1.82, 2.24) is 5.32 Å². The van der Waals surface area contributed by atoms with Crippen LogP contribution >= 0.6 is 0 Å². The molecule has 1 N–H and O–H groups in total. The van der Waals surface area contributed by atoms with E-state index in [1.54, 1.807) is 0 Å². The Bertz CT molecular complexity index is 571. The molecule has 2 heteroatoms. The fourth-order valence-corrected chi connectivity index (χ4v) is 2.90. The summed E-state index contributed by atoms with van der Waals surface area (Å²) in [5.41, 5.74) is 4.25. The number of aryl methyl sites for hydroxylation is 2. The molecule has 1 aliphatic rings. The summed E-state index contributed by atoms with van der Waals surface area (Å²) in [5.74, 6) is 2.01. The molecule has 2 nitrogen and oxygen atoms in total. The van der Waals surface area contributed by atoms with Gasteiger partial charge in [-0.2, -0.15) is 0 Å². The van der Waals surface area contributed by atoms with Gasteiger partial charge in [-0.25, -0.2) is 0 Å². The number of rotatable bonds is 5. The first-order chi connectivity index (χ1) is 9.86. The van der Waals surface area contributed by atoms with Crippen molar-refractivity contribution in [3.05, 3.63) is 47.2 Å². The molecule has 0 fully saturated rings. The van der Waals surface area contributed by atoms with E-state index in [2.05, 4.69) is 42.6 Å². The molecule has 1 aromatic heterocycles. The summed E-state index contributed by atoms with van der Waals surface area (Å²) in [6, 6.07) is 11.0. The average molecular weight is 269 g/mol. The Balaban J connectivity index is 1.75. The third-order valence-electron chi connectivity index (χ3n) is 4.02. The highest BCUT2D eigenvalue weighted by Gasteiger charge is 2.11. The second kappa shape index (κ2) is 6.27. The lowest BCUT2D eigenvalue weighted by Crippen LogP contribution is -2.12. The highest BCUT2D eigenvalue weighted by atomic mass is 16.3. The third kappa shape index (κ3) is 2.96. The second-order valence-corrected chi connectivity index (χ2v) is 5.63. The summed E-state index contributed by atoms with van der Waals surface area (Å²) in [5, 5.41) is 3.37. The molecular weight excluding hydrogens is 246 g/mol. The van der Waals surface area contributed by atoms with Crippen molar-refractivity contribution in [3.63, 3.8) is 0 Å². The van der Waals surface area contributed by atoms with Gasteiger partial charge in [0.25, 0.3) is 0 Å². The van der Waals surface area contributed by atoms with Crippen LogP contribution in [0, 0.1) is 0 Å². The summed E-state index contributed by atoms with van der Waals surface area (Å²) in [6.45, 7) is 4.03. The van der Waals surface area contributed by atoms with Crippen LogP contribution in [0.15, 0.2) is 34.7 Å². The minimum atomic E-state index is 0.818. The van der Waals surface area contributed by atoms with Gasteiger partial charge in [-0.05, 0) is 68.0 Å². The predicted molar refractivity (Wildman–Crippen MR) is 82.8 cm³/mol. The fourth-order valence-electron chi connectivity index (χ4n) is 2.90. The molecule has 1 aliphatic carbocycles. The number of furan rings is 1. The van der Waals surface area contributed by atoms with Gasteiger partial charge >= 0.3 is 0 Å². The SMILES string of the molecule is CCCNCc1ccc(-c2ccc3c(c2)CCCC3)o1. The summed E-state index contributed by atoms with van der Waals surface area (Å²) in [6.07, 6.45) is 6.26. The zero-order chi connectivity index (χ0) is 13.8. The van der Waals surface area contributed by atoms with E-state index in [1.165, 1.54) is 42.4 Å². The Labute approximate surface area is 121 Å². The molecule has 0 aliphatic heterocycles. The summed E-state index contributed by atoms with van der Waals surface area (Å²) < 4.78 is 5.94. The van der Waals surface area contributed by atoms with Crippen LogP contribution in [-0.4, -0.2) is 6.54 Å². The zero-order valence-corrected chi connectivity index (χ0v) is 12.2. The van der Waals surface area contributed by atoms with Crippen LogP contribution in [-0.2, 0) is 19.4 Å². The van der Waals surface area contributed by atoms with Crippen molar-refractivity contribution in [3.8, 4) is 11.3 Å². The van der Waals surface area contributed by atoms with E-state index in [9.17, 15) is 0 Å². The first-order valence-electron chi connectivity index (χ1n) is 7.78. The first kappa shape index (κ1) is 13.4. The van der Waals surface area contributed by atoms with Gasteiger partial charge in [-0.15, -0.1) is 0 Å². The quantitative estimate of drug-likeness (QED) is 0.817. The molecule has 3 rings (SSSR count). The Hall–Kier alpha value is -1.54. The van der Waals surface area contributed by atoms with Crippen molar-refractivity contribution in [2.24, 2.45) is 0 Å². The summed E-state index contributed by atoms with van der Waals surface area (Å²) in [4.78, 5) is 0. The van der Waals surface area contributed by atoms with Gasteiger partial charge in [0.1, 0.15) is 11.5 Å². The molecule has 0 spiro atoms. The van der Waals surface area contributed by atoms with E-state index in [1.807, 2.05) is 0 Å². The van der Waals surface area contributed by atoms with Gasteiger partial charge in [0, 0.05) is 5.56 Å². The Morgan fingerprint density at radius 1 is 1.05 bits per heavy atom. The monoisotopic (exact) mass is 269 g/mol.